The van der Waals surface area contributed by atoms with E-state index in [9.17, 15) is 22.7 Å². The molecule has 4 N–H and O–H groups in total. The topological polar surface area (TPSA) is 133 Å². The molecule has 0 radical (unpaired) electrons. The average molecular weight is 786 g/mol. The molecule has 1 aliphatic rings. The van der Waals surface area contributed by atoms with Gasteiger partial charge in [-0.2, -0.15) is 13.2 Å². The number of rotatable bonds is 5. The minimum Gasteiger partial charge on any atom is -0.390 e. The summed E-state index contributed by atoms with van der Waals surface area (Å²) in [6, 6.07) is 21.6. The lowest BCUT2D eigenvalue weighted by molar-refractivity contribution is -0.137. The lowest BCUT2D eigenvalue weighted by atomic mass is 9.77. The lowest BCUT2D eigenvalue weighted by Gasteiger charge is -2.36. The van der Waals surface area contributed by atoms with Gasteiger partial charge < -0.3 is 20.4 Å². The fourth-order valence-corrected chi connectivity index (χ4v) is 8.22. The number of pyridine rings is 2. The molecule has 10 nitrogen and oxygen atoms in total. The molecule has 0 bridgehead atoms. The molecule has 58 heavy (non-hydrogen) atoms. The largest absolute Gasteiger partial charge is 0.416 e. The lowest BCUT2D eigenvalue weighted by Crippen LogP contribution is -2.37. The smallest absolute Gasteiger partial charge is 0.390 e. The van der Waals surface area contributed by atoms with Gasteiger partial charge in [-0.3, -0.25) is 9.97 Å². The fourth-order valence-electron chi connectivity index (χ4n) is 8.22. The van der Waals surface area contributed by atoms with E-state index >= 15 is 0 Å². The van der Waals surface area contributed by atoms with Crippen molar-refractivity contribution < 1.29 is 22.7 Å². The third-order valence-corrected chi connectivity index (χ3v) is 11.2. The number of hydrogen-bond donors (Lipinski definition) is 4. The molecule has 10 rings (SSSR count). The van der Waals surface area contributed by atoms with Crippen molar-refractivity contribution in [2.45, 2.75) is 64.3 Å². The van der Waals surface area contributed by atoms with E-state index in [1.54, 1.807) is 41.2 Å². The van der Waals surface area contributed by atoms with Gasteiger partial charge in [0.1, 0.15) is 17.5 Å². The van der Waals surface area contributed by atoms with Gasteiger partial charge in [-0.25, -0.2) is 18.9 Å². The Balaban J connectivity index is 0.000000150. The van der Waals surface area contributed by atoms with E-state index < -0.39 is 17.3 Å². The standard InChI is InChI=1S/C22H25F3N4O.C22H14FN5/c1-21(2,30)15-6-8-17(9-7-15)27-19-10-11-20-26-13-18(29(20)28-19)14-4-3-5-16(12-14)22(23,24)25;1-11-17(15-10-12(23)6-7-16(15)26-11)22-27-20-13-4-2-8-24-18(13)19-14(21(20)28-22)5-3-9-25-19/h3-5,10-13,15,17,30H,6-9H2,1-2H3,(H,27,28);2-10,26H,1H3,(H,27,28). The minimum absolute atomic E-state index is 0.245. The molecular weight excluding hydrogens is 747 g/mol. The monoisotopic (exact) mass is 785 g/mol. The first-order chi connectivity index (χ1) is 27.8. The van der Waals surface area contributed by atoms with Gasteiger partial charge in [0.25, 0.3) is 0 Å². The summed E-state index contributed by atoms with van der Waals surface area (Å²) in [7, 11) is 0. The van der Waals surface area contributed by atoms with Crippen LogP contribution in [0.4, 0.5) is 23.4 Å². The van der Waals surface area contributed by atoms with Crippen molar-refractivity contribution in [2.75, 3.05) is 5.32 Å². The maximum atomic E-state index is 13.9. The Morgan fingerprint density at radius 1 is 0.793 bits per heavy atom. The first-order valence-corrected chi connectivity index (χ1v) is 19.1. The number of nitrogens with zero attached hydrogens (tertiary/aromatic N) is 6. The SMILES string of the molecule is CC(C)(O)C1CCC(Nc2ccc3ncc(-c4cccc(C(F)(F)F)c4)n3n2)CC1.Cc1[nH]c2ccc(F)cc2c1-c1nc2c3cccnc3c3ncccc3c2[nH]1. The third-order valence-electron chi connectivity index (χ3n) is 11.2. The Kier molecular flexibility index (Phi) is 9.11. The molecule has 1 aliphatic carbocycles. The van der Waals surface area contributed by atoms with Gasteiger partial charge in [0, 0.05) is 56.9 Å². The Morgan fingerprint density at radius 3 is 2.28 bits per heavy atom. The van der Waals surface area contributed by atoms with Crippen molar-refractivity contribution in [1.29, 1.82) is 0 Å². The van der Waals surface area contributed by atoms with E-state index in [1.807, 2.05) is 51.1 Å². The van der Waals surface area contributed by atoms with E-state index in [2.05, 4.69) is 35.3 Å². The van der Waals surface area contributed by atoms with Gasteiger partial charge in [-0.1, -0.05) is 12.1 Å². The molecule has 294 valence electrons. The molecule has 1 saturated carbocycles. The summed E-state index contributed by atoms with van der Waals surface area (Å²) in [5.74, 6) is 1.37. The van der Waals surface area contributed by atoms with Crippen LogP contribution in [0, 0.1) is 18.7 Å². The van der Waals surface area contributed by atoms with Crippen LogP contribution >= 0.6 is 0 Å². The van der Waals surface area contributed by atoms with Crippen LogP contribution in [-0.4, -0.2) is 56.3 Å². The van der Waals surface area contributed by atoms with E-state index in [1.165, 1.54) is 18.3 Å². The van der Waals surface area contributed by atoms with Crippen LogP contribution in [0.3, 0.4) is 0 Å². The first kappa shape index (κ1) is 37.2. The van der Waals surface area contributed by atoms with Crippen molar-refractivity contribution in [3.63, 3.8) is 0 Å². The number of hydrogen-bond acceptors (Lipinski definition) is 7. The van der Waals surface area contributed by atoms with E-state index in [0.717, 1.165) is 92.8 Å². The molecule has 14 heteroatoms. The Hall–Kier alpha value is -6.41. The summed E-state index contributed by atoms with van der Waals surface area (Å²) in [4.78, 5) is 25.1. The number of nitrogens with one attached hydrogen (secondary N) is 3. The number of H-pyrrole nitrogens is 2. The molecule has 3 aromatic carbocycles. The Morgan fingerprint density at radius 2 is 1.53 bits per heavy atom. The van der Waals surface area contributed by atoms with Crippen LogP contribution in [0.5, 0.6) is 0 Å². The van der Waals surface area contributed by atoms with E-state index in [-0.39, 0.29) is 17.8 Å². The van der Waals surface area contributed by atoms with Crippen molar-refractivity contribution in [2.24, 2.45) is 5.92 Å². The second-order valence-electron chi connectivity index (χ2n) is 15.5. The highest BCUT2D eigenvalue weighted by atomic mass is 19.4. The van der Waals surface area contributed by atoms with E-state index in [4.69, 9.17) is 4.98 Å². The van der Waals surface area contributed by atoms with Gasteiger partial charge in [0.15, 0.2) is 5.65 Å². The molecule has 0 unspecified atom stereocenters. The molecule has 0 atom stereocenters. The van der Waals surface area contributed by atoms with Gasteiger partial charge in [0.2, 0.25) is 0 Å². The molecule has 9 aromatic rings. The van der Waals surface area contributed by atoms with Crippen LogP contribution in [0.2, 0.25) is 0 Å². The summed E-state index contributed by atoms with van der Waals surface area (Å²) < 4.78 is 54.7. The summed E-state index contributed by atoms with van der Waals surface area (Å²) in [6.07, 6.45) is 4.40. The third kappa shape index (κ3) is 6.87. The van der Waals surface area contributed by atoms with Crippen LogP contribution in [0.1, 0.15) is 50.8 Å². The molecule has 0 saturated heterocycles. The minimum atomic E-state index is -4.40. The second kappa shape index (κ2) is 14.2. The van der Waals surface area contributed by atoms with Gasteiger partial charge in [0.05, 0.1) is 45.1 Å². The van der Waals surface area contributed by atoms with Crippen LogP contribution in [-0.2, 0) is 6.18 Å². The summed E-state index contributed by atoms with van der Waals surface area (Å²) in [5.41, 5.74) is 6.21. The number of aliphatic hydroxyl groups is 1. The molecular formula is C44H39F4N9O. The van der Waals surface area contributed by atoms with Crippen molar-refractivity contribution >= 4 is 55.2 Å². The van der Waals surface area contributed by atoms with E-state index in [0.29, 0.717) is 28.5 Å². The number of alkyl halides is 3. The molecule has 6 aromatic heterocycles. The van der Waals surface area contributed by atoms with Gasteiger partial charge >= 0.3 is 6.18 Å². The number of fused-ring (bicyclic) bond motifs is 8. The number of aromatic nitrogens is 8. The average Bonchev–Trinajstić information content (AvgIpc) is 3.92. The van der Waals surface area contributed by atoms with Gasteiger partial charge in [-0.15, -0.1) is 5.10 Å². The number of benzene rings is 3. The number of aromatic amines is 2. The molecule has 6 heterocycles. The number of aryl methyl sites for hydroxylation is 1. The Labute approximate surface area is 329 Å². The highest BCUT2D eigenvalue weighted by molar-refractivity contribution is 6.21. The maximum absolute atomic E-state index is 13.9. The predicted octanol–water partition coefficient (Wildman–Crippen LogP) is 10.4. The number of halogens is 4. The highest BCUT2D eigenvalue weighted by Gasteiger charge is 2.32. The normalized spacial score (nSPS) is 16.3. The van der Waals surface area contributed by atoms with Crippen LogP contribution in [0.25, 0.3) is 72.0 Å². The highest BCUT2D eigenvalue weighted by Crippen LogP contribution is 2.38. The van der Waals surface area contributed by atoms with Crippen LogP contribution in [0.15, 0.2) is 97.5 Å². The summed E-state index contributed by atoms with van der Waals surface area (Å²) >= 11 is 0. The molecule has 1 fully saturated rings. The predicted molar refractivity (Wildman–Crippen MR) is 218 cm³/mol. The Bertz CT molecular complexity index is 2900. The second-order valence-corrected chi connectivity index (χ2v) is 15.5. The van der Waals surface area contributed by atoms with Crippen molar-refractivity contribution in [3.8, 4) is 22.6 Å². The van der Waals surface area contributed by atoms with Crippen molar-refractivity contribution in [1.82, 2.24) is 39.5 Å². The zero-order valence-corrected chi connectivity index (χ0v) is 31.9. The first-order valence-electron chi connectivity index (χ1n) is 19.1. The van der Waals surface area contributed by atoms with Gasteiger partial charge in [-0.05, 0) is 119 Å². The number of anilines is 1. The summed E-state index contributed by atoms with van der Waals surface area (Å²) in [5, 5.41) is 20.9. The molecule has 0 spiro atoms. The van der Waals surface area contributed by atoms with Crippen molar-refractivity contribution in [3.05, 3.63) is 115 Å². The maximum Gasteiger partial charge on any atom is 0.416 e. The zero-order chi connectivity index (χ0) is 40.3. The quantitative estimate of drug-likeness (QED) is 0.101. The molecule has 0 amide bonds. The fraction of sp³-hybridized carbons (Fsp3) is 0.250. The summed E-state index contributed by atoms with van der Waals surface area (Å²) in [6.45, 7) is 5.68. The number of imidazole rings is 2. The van der Waals surface area contributed by atoms with Crippen LogP contribution < -0.4 is 5.32 Å². The molecule has 0 aliphatic heterocycles. The zero-order valence-electron chi connectivity index (χ0n) is 31.9.